The van der Waals surface area contributed by atoms with Gasteiger partial charge in [-0.25, -0.2) is 0 Å². The van der Waals surface area contributed by atoms with E-state index in [1.165, 1.54) is 6.26 Å². The quantitative estimate of drug-likeness (QED) is 0.591. The summed E-state index contributed by atoms with van der Waals surface area (Å²) in [6, 6.07) is 3.56. The molecule has 0 aliphatic heterocycles. The van der Waals surface area contributed by atoms with Crippen molar-refractivity contribution in [1.29, 1.82) is 0 Å². The molecule has 0 bridgehead atoms. The first-order valence-electron chi connectivity index (χ1n) is 2.78. The Morgan fingerprint density at radius 1 is 1.20 bits per heavy atom. The van der Waals surface area contributed by atoms with Crippen molar-refractivity contribution in [3.05, 3.63) is 37.0 Å². The van der Waals surface area contributed by atoms with E-state index in [-0.39, 0.29) is 0 Å². The van der Waals surface area contributed by atoms with Gasteiger partial charge < -0.3 is 4.52 Å². The lowest BCUT2D eigenvalue weighted by atomic mass is 10.8. The van der Waals surface area contributed by atoms with E-state index in [1.54, 1.807) is 24.7 Å². The minimum absolute atomic E-state index is 1.51. The van der Waals surface area contributed by atoms with Gasteiger partial charge in [-0.2, -0.15) is 5.10 Å². The molecule has 0 radical (unpaired) electrons. The molecule has 10 heavy (non-hydrogen) atoms. The second-order valence-corrected chi connectivity index (χ2v) is 1.45. The third kappa shape index (κ3) is 2.66. The van der Waals surface area contributed by atoms with E-state index in [2.05, 4.69) is 19.9 Å². The predicted octanol–water partition coefficient (Wildman–Crippen LogP) is 1.08. The first kappa shape index (κ1) is 6.54. The molecule has 52 valence electrons. The number of rotatable bonds is 0. The van der Waals surface area contributed by atoms with Gasteiger partial charge in [0, 0.05) is 12.4 Å². The summed E-state index contributed by atoms with van der Waals surface area (Å²) in [6.45, 7) is 0. The minimum atomic E-state index is 1.51. The zero-order valence-corrected chi connectivity index (χ0v) is 5.27. The van der Waals surface area contributed by atoms with Crippen LogP contribution in [0.3, 0.4) is 0 Å². The van der Waals surface area contributed by atoms with E-state index in [9.17, 15) is 0 Å². The average Bonchev–Trinajstić information content (AvgIpc) is 2.67. The number of hydrogen-bond acceptors (Lipinski definition) is 3. The molecule has 0 amide bonds. The van der Waals surface area contributed by atoms with Crippen molar-refractivity contribution in [3.63, 3.8) is 0 Å². The summed E-state index contributed by atoms with van der Waals surface area (Å²) in [4.78, 5) is 0. The number of hydrogen-bond donors (Lipinski definition) is 1. The lowest BCUT2D eigenvalue weighted by molar-refractivity contribution is 0.420. The Bertz CT molecular complexity index is 152. The van der Waals surface area contributed by atoms with Gasteiger partial charge in [0.05, 0.1) is 6.20 Å². The largest absolute Gasteiger partial charge is 0.365 e. The fourth-order valence-electron chi connectivity index (χ4n) is 0.391. The average molecular weight is 137 g/mol. The molecule has 1 N–H and O–H groups in total. The molecule has 0 unspecified atom stereocenters. The van der Waals surface area contributed by atoms with E-state index >= 15 is 0 Å². The standard InChI is InChI=1S/C3H4N2.C3H3NO/c2*1-2-4-5-3-1/h1-3H,(H,4,5);1-3H. The number of nitrogens with zero attached hydrogens (tertiary/aromatic N) is 2. The molecule has 0 saturated heterocycles. The maximum atomic E-state index is 4.33. The Kier molecular flexibility index (Phi) is 2.82. The zero-order valence-electron chi connectivity index (χ0n) is 5.27. The summed E-state index contributed by atoms with van der Waals surface area (Å²) in [7, 11) is 0. The fraction of sp³-hybridized carbons (Fsp3) is 0. The highest BCUT2D eigenvalue weighted by Gasteiger charge is 1.60. The third-order valence-electron chi connectivity index (χ3n) is 0.753. The Morgan fingerprint density at radius 3 is 2.40 bits per heavy atom. The molecule has 0 fully saturated rings. The van der Waals surface area contributed by atoms with E-state index < -0.39 is 0 Å². The molecule has 2 aromatic heterocycles. The second kappa shape index (κ2) is 4.31. The van der Waals surface area contributed by atoms with Crippen LogP contribution in [0.4, 0.5) is 0 Å². The van der Waals surface area contributed by atoms with Crippen LogP contribution in [0.1, 0.15) is 0 Å². The van der Waals surface area contributed by atoms with Gasteiger partial charge in [0.15, 0.2) is 0 Å². The third-order valence-corrected chi connectivity index (χ3v) is 0.753. The van der Waals surface area contributed by atoms with Crippen molar-refractivity contribution in [1.82, 2.24) is 15.4 Å². The van der Waals surface area contributed by atoms with E-state index in [0.29, 0.717) is 0 Å². The highest BCUT2D eigenvalue weighted by Crippen LogP contribution is 1.72. The molecule has 4 nitrogen and oxygen atoms in total. The van der Waals surface area contributed by atoms with E-state index in [1.807, 2.05) is 6.07 Å². The first-order valence-corrected chi connectivity index (χ1v) is 2.78. The first-order chi connectivity index (χ1) is 5.00. The van der Waals surface area contributed by atoms with Gasteiger partial charge in [-0.15, -0.1) is 0 Å². The Morgan fingerprint density at radius 2 is 2.20 bits per heavy atom. The van der Waals surface area contributed by atoms with Crippen LogP contribution >= 0.6 is 0 Å². The lowest BCUT2D eigenvalue weighted by Crippen LogP contribution is -1.53. The topological polar surface area (TPSA) is 54.7 Å². The maximum Gasteiger partial charge on any atom is 0.123 e. The summed E-state index contributed by atoms with van der Waals surface area (Å²) in [5, 5.41) is 9.56. The van der Waals surface area contributed by atoms with Gasteiger partial charge in [0.25, 0.3) is 0 Å². The predicted molar refractivity (Wildman–Crippen MR) is 35.1 cm³/mol. The van der Waals surface area contributed by atoms with Crippen LogP contribution in [-0.2, 0) is 0 Å². The molecular formula is C6H7N3O. The Hall–Kier alpha value is -1.58. The van der Waals surface area contributed by atoms with Gasteiger partial charge in [-0.1, -0.05) is 5.16 Å². The zero-order chi connectivity index (χ0) is 7.07. The molecule has 0 spiro atoms. The van der Waals surface area contributed by atoms with Crippen molar-refractivity contribution in [2.24, 2.45) is 0 Å². The molecule has 0 saturated carbocycles. The highest BCUT2D eigenvalue weighted by atomic mass is 16.5. The number of aromatic nitrogens is 3. The number of H-pyrrole nitrogens is 1. The van der Waals surface area contributed by atoms with Crippen LogP contribution in [0.25, 0.3) is 0 Å². The summed E-state index contributed by atoms with van der Waals surface area (Å²) < 4.78 is 4.33. The van der Waals surface area contributed by atoms with E-state index in [4.69, 9.17) is 0 Å². The van der Waals surface area contributed by atoms with Gasteiger partial charge in [-0.3, -0.25) is 5.10 Å². The Balaban J connectivity index is 0.0000001000. The van der Waals surface area contributed by atoms with Crippen molar-refractivity contribution in [3.8, 4) is 0 Å². The van der Waals surface area contributed by atoms with Crippen LogP contribution < -0.4 is 0 Å². The lowest BCUT2D eigenvalue weighted by Gasteiger charge is -1.49. The van der Waals surface area contributed by atoms with Crippen LogP contribution in [0.5, 0.6) is 0 Å². The normalized spacial score (nSPS) is 8.00. The molecule has 0 atom stereocenters. The summed E-state index contributed by atoms with van der Waals surface area (Å²) in [6.07, 6.45) is 6.56. The number of aromatic amines is 1. The van der Waals surface area contributed by atoms with Crippen LogP contribution in [-0.4, -0.2) is 15.4 Å². The second-order valence-electron chi connectivity index (χ2n) is 1.45. The molecule has 0 aliphatic rings. The van der Waals surface area contributed by atoms with Gasteiger partial charge >= 0.3 is 0 Å². The molecule has 2 rings (SSSR count). The van der Waals surface area contributed by atoms with Gasteiger partial charge in [-0.05, 0) is 12.1 Å². The van der Waals surface area contributed by atoms with E-state index in [0.717, 1.165) is 0 Å². The summed E-state index contributed by atoms with van der Waals surface area (Å²) >= 11 is 0. The minimum Gasteiger partial charge on any atom is -0.365 e. The molecule has 0 aromatic carbocycles. The van der Waals surface area contributed by atoms with Crippen LogP contribution in [0.15, 0.2) is 41.5 Å². The number of nitrogens with one attached hydrogen (secondary N) is 1. The smallest absolute Gasteiger partial charge is 0.123 e. The van der Waals surface area contributed by atoms with Gasteiger partial charge in [0.1, 0.15) is 6.26 Å². The van der Waals surface area contributed by atoms with Crippen molar-refractivity contribution in [2.75, 3.05) is 0 Å². The van der Waals surface area contributed by atoms with Crippen molar-refractivity contribution >= 4 is 0 Å². The summed E-state index contributed by atoms with van der Waals surface area (Å²) in [5.41, 5.74) is 0. The summed E-state index contributed by atoms with van der Waals surface area (Å²) in [5.74, 6) is 0. The molecule has 2 aromatic rings. The van der Waals surface area contributed by atoms with Crippen molar-refractivity contribution in [2.45, 2.75) is 0 Å². The van der Waals surface area contributed by atoms with Crippen LogP contribution in [0, 0.1) is 0 Å². The monoisotopic (exact) mass is 137 g/mol. The molecule has 0 aliphatic carbocycles. The van der Waals surface area contributed by atoms with Gasteiger partial charge in [0.2, 0.25) is 0 Å². The fourth-order valence-corrected chi connectivity index (χ4v) is 0.391. The maximum absolute atomic E-state index is 4.33. The SMILES string of the molecule is c1cn[nH]c1.c1cnoc1. The molecule has 4 heteroatoms. The molecular weight excluding hydrogens is 130 g/mol. The molecule has 2 heterocycles. The Labute approximate surface area is 57.9 Å². The van der Waals surface area contributed by atoms with Crippen LogP contribution in [0.2, 0.25) is 0 Å². The van der Waals surface area contributed by atoms with Crippen molar-refractivity contribution < 1.29 is 4.52 Å². The highest BCUT2D eigenvalue weighted by molar-refractivity contribution is 4.72.